The molecule has 0 amide bonds. The minimum absolute atomic E-state index is 0.811. The molecule has 0 heterocycles. The zero-order valence-electron chi connectivity index (χ0n) is 12.6. The van der Waals surface area contributed by atoms with E-state index in [9.17, 15) is 0 Å². The molecule has 1 fully saturated rings. The maximum Gasteiger partial charge on any atom is -0.00177 e. The fourth-order valence-electron chi connectivity index (χ4n) is 3.48. The van der Waals surface area contributed by atoms with Crippen LogP contribution in [0.15, 0.2) is 24.3 Å². The van der Waals surface area contributed by atoms with Crippen molar-refractivity contribution in [3.63, 3.8) is 0 Å². The summed E-state index contributed by atoms with van der Waals surface area (Å²) in [5.74, 6) is 1.74. The third-order valence-electron chi connectivity index (χ3n) is 4.65. The highest BCUT2D eigenvalue weighted by molar-refractivity contribution is 5.21. The van der Waals surface area contributed by atoms with E-state index in [4.69, 9.17) is 0 Å². The van der Waals surface area contributed by atoms with E-state index in [1.807, 2.05) is 0 Å². The fourth-order valence-corrected chi connectivity index (χ4v) is 3.48. The van der Waals surface area contributed by atoms with Crippen molar-refractivity contribution < 1.29 is 0 Å². The van der Waals surface area contributed by atoms with E-state index in [2.05, 4.69) is 43.6 Å². The molecule has 1 heteroatoms. The van der Waals surface area contributed by atoms with Gasteiger partial charge in [-0.1, -0.05) is 68.4 Å². The summed E-state index contributed by atoms with van der Waals surface area (Å²) in [5.41, 5.74) is 2.87. The molecule has 106 valence electrons. The van der Waals surface area contributed by atoms with Gasteiger partial charge in [0, 0.05) is 0 Å². The number of rotatable bonds is 5. The lowest BCUT2D eigenvalue weighted by Gasteiger charge is -2.26. The summed E-state index contributed by atoms with van der Waals surface area (Å²) in [4.78, 5) is 0. The Morgan fingerprint density at radius 3 is 2.26 bits per heavy atom. The third kappa shape index (κ3) is 4.65. The van der Waals surface area contributed by atoms with Crippen molar-refractivity contribution in [2.75, 3.05) is 13.6 Å². The Morgan fingerprint density at radius 1 is 1.05 bits per heavy atom. The fraction of sp³-hybridized carbons (Fsp3) is 0.667. The summed E-state index contributed by atoms with van der Waals surface area (Å²) in [5, 5.41) is 3.42. The van der Waals surface area contributed by atoms with Crippen LogP contribution in [0.2, 0.25) is 0 Å². The number of benzene rings is 1. The predicted octanol–water partition coefficient (Wildman–Crippen LogP) is 4.34. The van der Waals surface area contributed by atoms with Crippen LogP contribution in [-0.4, -0.2) is 13.6 Å². The van der Waals surface area contributed by atoms with E-state index < -0.39 is 0 Å². The van der Waals surface area contributed by atoms with Crippen LogP contribution in [0, 0.1) is 18.8 Å². The van der Waals surface area contributed by atoms with Gasteiger partial charge in [-0.15, -0.1) is 0 Å². The number of nitrogens with one attached hydrogen (secondary N) is 1. The van der Waals surface area contributed by atoms with Crippen molar-refractivity contribution in [2.45, 2.75) is 51.9 Å². The molecule has 1 aromatic rings. The first-order valence-corrected chi connectivity index (χ1v) is 7.99. The van der Waals surface area contributed by atoms with Gasteiger partial charge in [0.05, 0.1) is 0 Å². The topological polar surface area (TPSA) is 12.0 Å². The molecule has 1 aliphatic rings. The maximum atomic E-state index is 3.42. The van der Waals surface area contributed by atoms with Gasteiger partial charge in [-0.3, -0.25) is 0 Å². The van der Waals surface area contributed by atoms with E-state index in [1.54, 1.807) is 0 Å². The minimum atomic E-state index is 0.811. The van der Waals surface area contributed by atoms with E-state index in [0.29, 0.717) is 0 Å². The van der Waals surface area contributed by atoms with Crippen LogP contribution in [0.4, 0.5) is 0 Å². The standard InChI is InChI=1S/C18H29N/c1-15-9-11-16(12-10-15)13-18(14-19-2)17-7-5-3-4-6-8-17/h9-12,17-19H,3-8,13-14H2,1-2H3. The average Bonchev–Trinajstić information content (AvgIpc) is 2.70. The molecule has 0 bridgehead atoms. The highest BCUT2D eigenvalue weighted by atomic mass is 14.8. The molecule has 1 atom stereocenters. The molecule has 0 radical (unpaired) electrons. The minimum Gasteiger partial charge on any atom is -0.319 e. The van der Waals surface area contributed by atoms with Crippen molar-refractivity contribution in [3.05, 3.63) is 35.4 Å². The zero-order valence-corrected chi connectivity index (χ0v) is 12.6. The van der Waals surface area contributed by atoms with Crippen LogP contribution < -0.4 is 5.32 Å². The first kappa shape index (κ1) is 14.6. The lowest BCUT2D eigenvalue weighted by Crippen LogP contribution is -2.27. The summed E-state index contributed by atoms with van der Waals surface area (Å²) < 4.78 is 0. The lowest BCUT2D eigenvalue weighted by molar-refractivity contribution is 0.289. The van der Waals surface area contributed by atoms with Crippen molar-refractivity contribution >= 4 is 0 Å². The Morgan fingerprint density at radius 2 is 1.68 bits per heavy atom. The SMILES string of the molecule is CNCC(Cc1ccc(C)cc1)C1CCCCCC1. The summed E-state index contributed by atoms with van der Waals surface area (Å²) >= 11 is 0. The lowest BCUT2D eigenvalue weighted by atomic mass is 9.82. The molecular formula is C18H29N. The Bertz CT molecular complexity index is 346. The van der Waals surface area contributed by atoms with Gasteiger partial charge in [-0.25, -0.2) is 0 Å². The summed E-state index contributed by atoms with van der Waals surface area (Å²) in [6, 6.07) is 9.13. The average molecular weight is 259 g/mol. The van der Waals surface area contributed by atoms with E-state index in [1.165, 1.54) is 62.6 Å². The Hall–Kier alpha value is -0.820. The number of hydrogen-bond acceptors (Lipinski definition) is 1. The molecule has 1 N–H and O–H groups in total. The van der Waals surface area contributed by atoms with Crippen LogP contribution in [-0.2, 0) is 6.42 Å². The summed E-state index contributed by atoms with van der Waals surface area (Å²) in [6.45, 7) is 3.33. The summed E-state index contributed by atoms with van der Waals surface area (Å²) in [7, 11) is 2.10. The molecule has 0 aliphatic heterocycles. The Kier molecular flexibility index (Phi) is 5.91. The normalized spacial score (nSPS) is 19.1. The highest BCUT2D eigenvalue weighted by Crippen LogP contribution is 2.30. The van der Waals surface area contributed by atoms with Crippen LogP contribution in [0.5, 0.6) is 0 Å². The predicted molar refractivity (Wildman–Crippen MR) is 83.5 cm³/mol. The maximum absolute atomic E-state index is 3.42. The summed E-state index contributed by atoms with van der Waals surface area (Å²) in [6.07, 6.45) is 9.92. The van der Waals surface area contributed by atoms with Crippen LogP contribution in [0.25, 0.3) is 0 Å². The van der Waals surface area contributed by atoms with Gasteiger partial charge in [-0.05, 0) is 44.3 Å². The van der Waals surface area contributed by atoms with Crippen LogP contribution in [0.3, 0.4) is 0 Å². The van der Waals surface area contributed by atoms with E-state index in [0.717, 1.165) is 11.8 Å². The molecule has 1 saturated carbocycles. The van der Waals surface area contributed by atoms with Gasteiger partial charge in [0.15, 0.2) is 0 Å². The third-order valence-corrected chi connectivity index (χ3v) is 4.65. The second kappa shape index (κ2) is 7.69. The number of hydrogen-bond donors (Lipinski definition) is 1. The molecule has 1 nitrogen and oxygen atoms in total. The quantitative estimate of drug-likeness (QED) is 0.775. The van der Waals surface area contributed by atoms with E-state index in [-0.39, 0.29) is 0 Å². The van der Waals surface area contributed by atoms with Crippen molar-refractivity contribution in [2.24, 2.45) is 11.8 Å². The van der Waals surface area contributed by atoms with Gasteiger partial charge in [0.1, 0.15) is 0 Å². The Labute approximate surface area is 118 Å². The van der Waals surface area contributed by atoms with Crippen molar-refractivity contribution in [1.29, 1.82) is 0 Å². The monoisotopic (exact) mass is 259 g/mol. The van der Waals surface area contributed by atoms with Gasteiger partial charge >= 0.3 is 0 Å². The molecule has 1 aliphatic carbocycles. The molecule has 19 heavy (non-hydrogen) atoms. The zero-order chi connectivity index (χ0) is 13.5. The molecule has 1 unspecified atom stereocenters. The molecule has 2 rings (SSSR count). The highest BCUT2D eigenvalue weighted by Gasteiger charge is 2.22. The van der Waals surface area contributed by atoms with Crippen LogP contribution in [0.1, 0.15) is 49.7 Å². The molecule has 0 spiro atoms. The van der Waals surface area contributed by atoms with Crippen molar-refractivity contribution in [3.8, 4) is 0 Å². The second-order valence-corrected chi connectivity index (χ2v) is 6.26. The first-order valence-electron chi connectivity index (χ1n) is 7.99. The van der Waals surface area contributed by atoms with Crippen molar-refractivity contribution in [1.82, 2.24) is 5.32 Å². The molecule has 0 saturated heterocycles. The van der Waals surface area contributed by atoms with Gasteiger partial charge in [0.25, 0.3) is 0 Å². The smallest absolute Gasteiger partial charge is 0.00177 e. The van der Waals surface area contributed by atoms with Crippen LogP contribution >= 0.6 is 0 Å². The molecule has 0 aromatic heterocycles. The largest absolute Gasteiger partial charge is 0.319 e. The first-order chi connectivity index (χ1) is 9.29. The van der Waals surface area contributed by atoms with Gasteiger partial charge in [-0.2, -0.15) is 0 Å². The van der Waals surface area contributed by atoms with Gasteiger partial charge in [0.2, 0.25) is 0 Å². The molecule has 1 aromatic carbocycles. The van der Waals surface area contributed by atoms with Gasteiger partial charge < -0.3 is 5.32 Å². The Balaban J connectivity index is 1.99. The van der Waals surface area contributed by atoms with E-state index >= 15 is 0 Å². The second-order valence-electron chi connectivity index (χ2n) is 6.26. The number of aryl methyl sites for hydroxylation is 1. The molecular weight excluding hydrogens is 230 g/mol.